The van der Waals surface area contributed by atoms with Gasteiger partial charge in [0, 0.05) is 17.7 Å². The fraction of sp³-hybridized carbons (Fsp3) is 0.833. The first-order valence-electron chi connectivity index (χ1n) is 8.75. The van der Waals surface area contributed by atoms with Crippen molar-refractivity contribution < 1.29 is 0 Å². The molecule has 0 aromatic heterocycles. The van der Waals surface area contributed by atoms with Crippen LogP contribution in [0, 0.1) is 23.2 Å². The molecule has 2 N–H and O–H groups in total. The van der Waals surface area contributed by atoms with Gasteiger partial charge in [-0.3, -0.25) is 0 Å². The molecule has 0 spiro atoms. The second-order valence-electron chi connectivity index (χ2n) is 8.14. The van der Waals surface area contributed by atoms with E-state index in [1.54, 1.807) is 0 Å². The predicted molar refractivity (Wildman–Crippen MR) is 88.7 cm³/mol. The van der Waals surface area contributed by atoms with E-state index in [1.807, 2.05) is 0 Å². The van der Waals surface area contributed by atoms with Crippen LogP contribution >= 0.6 is 0 Å². The number of rotatable bonds is 1. The maximum absolute atomic E-state index is 5.86. The van der Waals surface area contributed by atoms with Gasteiger partial charge in [0.05, 0.1) is 0 Å². The van der Waals surface area contributed by atoms with Crippen molar-refractivity contribution in [2.24, 2.45) is 34.1 Å². The van der Waals surface area contributed by atoms with Crippen LogP contribution in [0.2, 0.25) is 0 Å². The number of piperidine rings is 1. The molecule has 0 radical (unpaired) electrons. The SMILES string of the molecule is C=C1CCCCN1/C(=N\N)C1(C)CC2CC(C)CC(C2)C1. The Morgan fingerprint density at radius 1 is 1.24 bits per heavy atom. The largest absolute Gasteiger partial charge is 0.332 e. The molecule has 3 fully saturated rings. The highest BCUT2D eigenvalue weighted by Crippen LogP contribution is 2.51. The van der Waals surface area contributed by atoms with E-state index in [4.69, 9.17) is 5.84 Å². The first-order valence-corrected chi connectivity index (χ1v) is 8.75. The van der Waals surface area contributed by atoms with E-state index in [0.29, 0.717) is 0 Å². The van der Waals surface area contributed by atoms with Gasteiger partial charge in [0.1, 0.15) is 5.84 Å². The number of hydrogen-bond acceptors (Lipinski definition) is 2. The Labute approximate surface area is 129 Å². The molecule has 3 nitrogen and oxygen atoms in total. The van der Waals surface area contributed by atoms with Crippen molar-refractivity contribution in [3.8, 4) is 0 Å². The molecule has 0 amide bonds. The highest BCUT2D eigenvalue weighted by atomic mass is 15.3. The molecular weight excluding hydrogens is 258 g/mol. The van der Waals surface area contributed by atoms with E-state index >= 15 is 0 Å². The van der Waals surface area contributed by atoms with Crippen molar-refractivity contribution in [1.82, 2.24) is 4.90 Å². The molecule has 1 heterocycles. The molecule has 3 aliphatic rings. The molecule has 3 rings (SSSR count). The fourth-order valence-electron chi connectivity index (χ4n) is 5.47. The first-order chi connectivity index (χ1) is 10.0. The molecule has 2 saturated carbocycles. The molecule has 21 heavy (non-hydrogen) atoms. The molecule has 2 atom stereocenters. The van der Waals surface area contributed by atoms with Crippen LogP contribution in [-0.2, 0) is 0 Å². The molecule has 2 bridgehead atoms. The van der Waals surface area contributed by atoms with E-state index in [2.05, 4.69) is 30.4 Å². The minimum absolute atomic E-state index is 0.156. The molecule has 1 aliphatic heterocycles. The lowest BCUT2D eigenvalue weighted by Gasteiger charge is -2.50. The summed E-state index contributed by atoms with van der Waals surface area (Å²) in [5.41, 5.74) is 1.37. The summed E-state index contributed by atoms with van der Waals surface area (Å²) in [7, 11) is 0. The van der Waals surface area contributed by atoms with E-state index in [9.17, 15) is 0 Å². The van der Waals surface area contributed by atoms with Gasteiger partial charge >= 0.3 is 0 Å². The lowest BCUT2D eigenvalue weighted by atomic mass is 9.59. The van der Waals surface area contributed by atoms with Gasteiger partial charge in [-0.25, -0.2) is 0 Å². The Kier molecular flexibility index (Phi) is 4.02. The number of fused-ring (bicyclic) bond motifs is 2. The van der Waals surface area contributed by atoms with Crippen LogP contribution in [-0.4, -0.2) is 17.3 Å². The zero-order valence-electron chi connectivity index (χ0n) is 13.8. The van der Waals surface area contributed by atoms with Crippen LogP contribution in [0.15, 0.2) is 17.4 Å². The molecule has 2 aliphatic carbocycles. The number of hydrogen-bond donors (Lipinski definition) is 1. The zero-order chi connectivity index (χ0) is 15.0. The number of allylic oxidation sites excluding steroid dienone is 1. The molecule has 1 saturated heterocycles. The number of likely N-dealkylation sites (tertiary alicyclic amines) is 1. The third-order valence-electron chi connectivity index (χ3n) is 6.01. The van der Waals surface area contributed by atoms with Gasteiger partial charge < -0.3 is 10.7 Å². The zero-order valence-corrected chi connectivity index (χ0v) is 13.8. The highest BCUT2D eigenvalue weighted by molar-refractivity contribution is 5.89. The number of nitrogens with two attached hydrogens (primary N) is 1. The van der Waals surface area contributed by atoms with Crippen LogP contribution in [0.25, 0.3) is 0 Å². The summed E-state index contributed by atoms with van der Waals surface area (Å²) in [6.07, 6.45) is 10.3. The topological polar surface area (TPSA) is 41.6 Å². The predicted octanol–water partition coefficient (Wildman–Crippen LogP) is 4.11. The maximum Gasteiger partial charge on any atom is 0.134 e. The lowest BCUT2D eigenvalue weighted by molar-refractivity contribution is 0.0780. The molecule has 3 heteroatoms. The van der Waals surface area contributed by atoms with Crippen LogP contribution in [0.3, 0.4) is 0 Å². The summed E-state index contributed by atoms with van der Waals surface area (Å²) in [4.78, 5) is 2.34. The smallest absolute Gasteiger partial charge is 0.134 e. The molecule has 0 aromatic carbocycles. The second kappa shape index (κ2) is 5.66. The van der Waals surface area contributed by atoms with Crippen molar-refractivity contribution in [2.75, 3.05) is 6.54 Å². The Morgan fingerprint density at radius 3 is 2.48 bits per heavy atom. The summed E-state index contributed by atoms with van der Waals surface area (Å²) in [5.74, 6) is 9.63. The average molecular weight is 289 g/mol. The number of amidine groups is 1. The average Bonchev–Trinajstić information content (AvgIpc) is 2.39. The minimum atomic E-state index is 0.156. The van der Waals surface area contributed by atoms with Gasteiger partial charge in [0.15, 0.2) is 0 Å². The van der Waals surface area contributed by atoms with Crippen molar-refractivity contribution in [3.05, 3.63) is 12.3 Å². The molecular formula is C18H31N3. The summed E-state index contributed by atoms with van der Waals surface area (Å²) in [6, 6.07) is 0. The summed E-state index contributed by atoms with van der Waals surface area (Å²) in [6.45, 7) is 10.1. The molecule has 2 unspecified atom stereocenters. The Balaban J connectivity index is 1.81. The van der Waals surface area contributed by atoms with Crippen molar-refractivity contribution in [1.29, 1.82) is 0 Å². The second-order valence-corrected chi connectivity index (χ2v) is 8.14. The quantitative estimate of drug-likeness (QED) is 0.341. The van der Waals surface area contributed by atoms with Gasteiger partial charge in [-0.15, -0.1) is 0 Å². The Hall–Kier alpha value is -0.990. The number of hydrazone groups is 1. The van der Waals surface area contributed by atoms with E-state index in [-0.39, 0.29) is 5.41 Å². The van der Waals surface area contributed by atoms with Crippen LogP contribution in [0.4, 0.5) is 0 Å². The normalized spacial score (nSPS) is 41.2. The van der Waals surface area contributed by atoms with Gasteiger partial charge in [-0.1, -0.05) is 20.4 Å². The van der Waals surface area contributed by atoms with E-state index in [1.165, 1.54) is 50.6 Å². The van der Waals surface area contributed by atoms with Crippen molar-refractivity contribution in [3.63, 3.8) is 0 Å². The molecule has 118 valence electrons. The van der Waals surface area contributed by atoms with Crippen LogP contribution in [0.5, 0.6) is 0 Å². The van der Waals surface area contributed by atoms with E-state index in [0.717, 1.165) is 36.6 Å². The summed E-state index contributed by atoms with van der Waals surface area (Å²) in [5, 5.41) is 4.29. The lowest BCUT2D eigenvalue weighted by Crippen LogP contribution is -2.49. The summed E-state index contributed by atoms with van der Waals surface area (Å²) < 4.78 is 0. The minimum Gasteiger partial charge on any atom is -0.332 e. The van der Waals surface area contributed by atoms with Crippen molar-refractivity contribution >= 4 is 5.84 Å². The maximum atomic E-state index is 5.86. The summed E-state index contributed by atoms with van der Waals surface area (Å²) >= 11 is 0. The Bertz CT molecular complexity index is 422. The first kappa shape index (κ1) is 14.9. The third-order valence-corrected chi connectivity index (χ3v) is 6.01. The van der Waals surface area contributed by atoms with Gasteiger partial charge in [-0.2, -0.15) is 5.10 Å². The molecule has 0 aromatic rings. The highest BCUT2D eigenvalue weighted by Gasteiger charge is 2.45. The van der Waals surface area contributed by atoms with Gasteiger partial charge in [0.25, 0.3) is 0 Å². The van der Waals surface area contributed by atoms with Gasteiger partial charge in [-0.05, 0) is 69.1 Å². The van der Waals surface area contributed by atoms with Crippen molar-refractivity contribution in [2.45, 2.75) is 65.2 Å². The fourth-order valence-corrected chi connectivity index (χ4v) is 5.47. The van der Waals surface area contributed by atoms with E-state index < -0.39 is 0 Å². The van der Waals surface area contributed by atoms with Gasteiger partial charge in [0.2, 0.25) is 0 Å². The Morgan fingerprint density at radius 2 is 1.90 bits per heavy atom. The standard InChI is InChI=1S/C18H31N3/c1-13-8-15-10-16(9-13)12-18(3,11-15)17(20-19)21-7-5-4-6-14(21)2/h13,15-16H,2,4-12,19H2,1,3H3/b20-17-. The van der Waals surface area contributed by atoms with Crippen LogP contribution < -0.4 is 5.84 Å². The number of nitrogens with zero attached hydrogens (tertiary/aromatic N) is 2. The third kappa shape index (κ3) is 2.84. The monoisotopic (exact) mass is 289 g/mol. The van der Waals surface area contributed by atoms with Crippen LogP contribution in [0.1, 0.15) is 65.2 Å².